The lowest BCUT2D eigenvalue weighted by atomic mass is 10.2. The van der Waals surface area contributed by atoms with Crippen molar-refractivity contribution >= 4 is 11.6 Å². The minimum Gasteiger partial charge on any atom is -0.490 e. The highest BCUT2D eigenvalue weighted by Gasteiger charge is 1.96. The Morgan fingerprint density at radius 1 is 0.857 bits per heavy atom. The third kappa shape index (κ3) is 5.39. The average Bonchev–Trinajstić information content (AvgIpc) is 2.52. The molecule has 2 rings (SSSR count). The summed E-state index contributed by atoms with van der Waals surface area (Å²) in [5.74, 6) is 7.32. The average molecular weight is 302 g/mol. The van der Waals surface area contributed by atoms with Crippen LogP contribution in [0, 0.1) is 11.8 Å². The molecule has 0 saturated carbocycles. The fourth-order valence-electron chi connectivity index (χ4n) is 1.64. The van der Waals surface area contributed by atoms with E-state index in [-0.39, 0.29) is 0 Å². The molecule has 108 valence electrons. The number of hydrogen-bond donors (Lipinski definition) is 1. The van der Waals surface area contributed by atoms with Crippen LogP contribution in [-0.2, 0) is 0 Å². The third-order valence-corrected chi connectivity index (χ3v) is 2.88. The molecule has 2 N–H and O–H groups in total. The van der Waals surface area contributed by atoms with Crippen molar-refractivity contribution in [3.63, 3.8) is 0 Å². The predicted molar refractivity (Wildman–Crippen MR) is 84.8 cm³/mol. The smallest absolute Gasteiger partial charge is 0.122 e. The number of nitrogens with two attached hydrogens (primary N) is 1. The Morgan fingerprint density at radius 2 is 1.38 bits per heavy atom. The monoisotopic (exact) mass is 301 g/mol. The summed E-state index contributed by atoms with van der Waals surface area (Å²) < 4.78 is 11.1. The first kappa shape index (κ1) is 15.2. The van der Waals surface area contributed by atoms with E-state index in [4.69, 9.17) is 26.8 Å². The quantitative estimate of drug-likeness (QED) is 0.682. The number of ether oxygens (including phenoxy) is 2. The van der Waals surface area contributed by atoms with E-state index in [1.54, 1.807) is 12.1 Å². The van der Waals surface area contributed by atoms with Crippen LogP contribution < -0.4 is 15.2 Å². The molecule has 0 heterocycles. The van der Waals surface area contributed by atoms with Crippen molar-refractivity contribution in [2.75, 3.05) is 19.8 Å². The second-order valence-corrected chi connectivity index (χ2v) is 4.62. The van der Waals surface area contributed by atoms with Gasteiger partial charge in [-0.1, -0.05) is 23.4 Å². The van der Waals surface area contributed by atoms with Crippen LogP contribution in [0.25, 0.3) is 0 Å². The standard InChI is InChI=1S/C17H16ClNO2/c18-15-5-9-17(10-6-15)21-13-12-20-16-7-3-14(4-8-16)2-1-11-19/h3-10H,11-13,19H2. The molecule has 0 spiro atoms. The van der Waals surface area contributed by atoms with E-state index in [1.807, 2.05) is 36.4 Å². The molecule has 0 amide bonds. The van der Waals surface area contributed by atoms with Gasteiger partial charge < -0.3 is 15.2 Å². The van der Waals surface area contributed by atoms with Gasteiger partial charge in [-0.2, -0.15) is 0 Å². The number of benzene rings is 2. The predicted octanol–water partition coefficient (Wildman–Crippen LogP) is 3.11. The van der Waals surface area contributed by atoms with Gasteiger partial charge >= 0.3 is 0 Å². The highest BCUT2D eigenvalue weighted by atomic mass is 35.5. The summed E-state index contributed by atoms with van der Waals surface area (Å²) in [5, 5.41) is 0.691. The van der Waals surface area contributed by atoms with Gasteiger partial charge in [-0.05, 0) is 48.5 Å². The Labute approximate surface area is 129 Å². The molecule has 0 aliphatic rings. The Bertz CT molecular complexity index is 612. The summed E-state index contributed by atoms with van der Waals surface area (Å²) >= 11 is 5.80. The first-order chi connectivity index (χ1) is 10.3. The maximum Gasteiger partial charge on any atom is 0.122 e. The van der Waals surface area contributed by atoms with Crippen molar-refractivity contribution in [3.8, 4) is 23.3 Å². The van der Waals surface area contributed by atoms with Crippen LogP contribution in [0.2, 0.25) is 5.02 Å². The van der Waals surface area contributed by atoms with Gasteiger partial charge in [0, 0.05) is 10.6 Å². The Morgan fingerprint density at radius 3 is 1.90 bits per heavy atom. The molecule has 21 heavy (non-hydrogen) atoms. The van der Waals surface area contributed by atoms with Crippen LogP contribution in [0.5, 0.6) is 11.5 Å². The fraction of sp³-hybridized carbons (Fsp3) is 0.176. The van der Waals surface area contributed by atoms with E-state index >= 15 is 0 Å². The molecule has 0 fully saturated rings. The zero-order valence-electron chi connectivity index (χ0n) is 11.5. The summed E-state index contributed by atoms with van der Waals surface area (Å²) in [6.45, 7) is 1.30. The lowest BCUT2D eigenvalue weighted by molar-refractivity contribution is 0.217. The van der Waals surface area contributed by atoms with Crippen molar-refractivity contribution in [2.45, 2.75) is 0 Å². The zero-order valence-corrected chi connectivity index (χ0v) is 12.3. The molecule has 4 heteroatoms. The van der Waals surface area contributed by atoms with Crippen LogP contribution in [0.15, 0.2) is 48.5 Å². The summed E-state index contributed by atoms with van der Waals surface area (Å²) in [6.07, 6.45) is 0. The van der Waals surface area contributed by atoms with Crippen molar-refractivity contribution in [2.24, 2.45) is 5.73 Å². The van der Waals surface area contributed by atoms with Gasteiger partial charge in [-0.15, -0.1) is 0 Å². The molecule has 0 bridgehead atoms. The Kier molecular flexibility index (Phi) is 5.96. The van der Waals surface area contributed by atoms with Crippen LogP contribution >= 0.6 is 11.6 Å². The van der Waals surface area contributed by atoms with Gasteiger partial charge in [0.05, 0.1) is 6.54 Å². The first-order valence-corrected chi connectivity index (χ1v) is 6.96. The van der Waals surface area contributed by atoms with E-state index in [9.17, 15) is 0 Å². The van der Waals surface area contributed by atoms with E-state index < -0.39 is 0 Å². The van der Waals surface area contributed by atoms with Gasteiger partial charge in [-0.3, -0.25) is 0 Å². The molecular weight excluding hydrogens is 286 g/mol. The summed E-state index contributed by atoms with van der Waals surface area (Å²) in [6, 6.07) is 14.8. The van der Waals surface area contributed by atoms with Crippen LogP contribution in [0.3, 0.4) is 0 Å². The van der Waals surface area contributed by atoms with Crippen molar-refractivity contribution < 1.29 is 9.47 Å². The number of halogens is 1. The lowest BCUT2D eigenvalue weighted by Crippen LogP contribution is -2.08. The second-order valence-electron chi connectivity index (χ2n) is 4.18. The third-order valence-electron chi connectivity index (χ3n) is 2.62. The second kappa shape index (κ2) is 8.21. The zero-order chi connectivity index (χ0) is 14.9. The van der Waals surface area contributed by atoms with Crippen LogP contribution in [-0.4, -0.2) is 19.8 Å². The highest BCUT2D eigenvalue weighted by Crippen LogP contribution is 2.15. The molecule has 2 aromatic rings. The Balaban J connectivity index is 1.74. The van der Waals surface area contributed by atoms with Gasteiger partial charge in [0.15, 0.2) is 0 Å². The minimum atomic E-state index is 0.361. The van der Waals surface area contributed by atoms with Crippen molar-refractivity contribution in [1.82, 2.24) is 0 Å². The molecule has 0 aromatic heterocycles. The highest BCUT2D eigenvalue weighted by molar-refractivity contribution is 6.30. The molecule has 0 aliphatic carbocycles. The molecule has 0 unspecified atom stereocenters. The largest absolute Gasteiger partial charge is 0.490 e. The normalized spacial score (nSPS) is 9.62. The fourth-order valence-corrected chi connectivity index (χ4v) is 1.76. The topological polar surface area (TPSA) is 44.5 Å². The Hall–Kier alpha value is -2.15. The maximum absolute atomic E-state index is 5.80. The molecule has 0 radical (unpaired) electrons. The first-order valence-electron chi connectivity index (χ1n) is 6.58. The SMILES string of the molecule is NCC#Cc1ccc(OCCOc2ccc(Cl)cc2)cc1. The number of rotatable bonds is 5. The van der Waals surface area contributed by atoms with Gasteiger partial charge in [0.1, 0.15) is 24.7 Å². The summed E-state index contributed by atoms with van der Waals surface area (Å²) in [7, 11) is 0. The molecule has 2 aromatic carbocycles. The molecule has 0 aliphatic heterocycles. The number of hydrogen-bond acceptors (Lipinski definition) is 3. The maximum atomic E-state index is 5.80. The van der Waals surface area contributed by atoms with Gasteiger partial charge in [0.2, 0.25) is 0 Å². The van der Waals surface area contributed by atoms with E-state index in [2.05, 4.69) is 11.8 Å². The van der Waals surface area contributed by atoms with E-state index in [1.165, 1.54) is 0 Å². The minimum absolute atomic E-state index is 0.361. The van der Waals surface area contributed by atoms with Crippen LogP contribution in [0.1, 0.15) is 5.56 Å². The molecule has 3 nitrogen and oxygen atoms in total. The van der Waals surface area contributed by atoms with Crippen molar-refractivity contribution in [3.05, 3.63) is 59.1 Å². The van der Waals surface area contributed by atoms with E-state index in [0.29, 0.717) is 24.8 Å². The van der Waals surface area contributed by atoms with Crippen LogP contribution in [0.4, 0.5) is 0 Å². The molecule has 0 saturated heterocycles. The lowest BCUT2D eigenvalue weighted by Gasteiger charge is -2.08. The van der Waals surface area contributed by atoms with Gasteiger partial charge in [-0.25, -0.2) is 0 Å². The van der Waals surface area contributed by atoms with Crippen molar-refractivity contribution in [1.29, 1.82) is 0 Å². The van der Waals surface area contributed by atoms with Gasteiger partial charge in [0.25, 0.3) is 0 Å². The van der Waals surface area contributed by atoms with E-state index in [0.717, 1.165) is 17.1 Å². The molecular formula is C17H16ClNO2. The summed E-state index contributed by atoms with van der Waals surface area (Å²) in [4.78, 5) is 0. The molecule has 0 atom stereocenters. The summed E-state index contributed by atoms with van der Waals surface area (Å²) in [5.41, 5.74) is 6.25.